The van der Waals surface area contributed by atoms with E-state index in [0.29, 0.717) is 6.04 Å². The highest BCUT2D eigenvalue weighted by Crippen LogP contribution is 2.23. The molecule has 1 aromatic carbocycles. The van der Waals surface area contributed by atoms with E-state index in [2.05, 4.69) is 14.9 Å². The Labute approximate surface area is 117 Å². The van der Waals surface area contributed by atoms with Crippen LogP contribution in [-0.2, 0) is 0 Å². The molecular formula is C15H18N4O. The van der Waals surface area contributed by atoms with Crippen LogP contribution >= 0.6 is 0 Å². The molecule has 1 unspecified atom stereocenters. The van der Waals surface area contributed by atoms with E-state index in [0.717, 1.165) is 36.2 Å². The van der Waals surface area contributed by atoms with Crippen LogP contribution in [0.25, 0.3) is 11.0 Å². The molecule has 20 heavy (non-hydrogen) atoms. The first kappa shape index (κ1) is 11.9. The molecule has 2 saturated heterocycles. The third-order valence-electron chi connectivity index (χ3n) is 4.54. The first-order valence-electron chi connectivity index (χ1n) is 7.28. The van der Waals surface area contributed by atoms with Gasteiger partial charge in [0.25, 0.3) is 5.91 Å². The summed E-state index contributed by atoms with van der Waals surface area (Å²) in [7, 11) is 0. The van der Waals surface area contributed by atoms with Gasteiger partial charge in [0.15, 0.2) is 0 Å². The van der Waals surface area contributed by atoms with Crippen molar-refractivity contribution in [3.63, 3.8) is 0 Å². The lowest BCUT2D eigenvalue weighted by atomic mass is 10.1. The van der Waals surface area contributed by atoms with Gasteiger partial charge in [0.2, 0.25) is 0 Å². The lowest BCUT2D eigenvalue weighted by Gasteiger charge is -2.37. The predicted molar refractivity (Wildman–Crippen MR) is 76.6 cm³/mol. The molecule has 2 fully saturated rings. The zero-order chi connectivity index (χ0) is 13.5. The molecule has 1 N–H and O–H groups in total. The Hall–Kier alpha value is -1.88. The first-order chi connectivity index (χ1) is 9.81. The second-order valence-electron chi connectivity index (χ2n) is 5.72. The van der Waals surface area contributed by atoms with Crippen molar-refractivity contribution in [1.29, 1.82) is 0 Å². The number of hydrogen-bond donors (Lipinski definition) is 1. The molecule has 0 radical (unpaired) electrons. The summed E-state index contributed by atoms with van der Waals surface area (Å²) < 4.78 is 0. The lowest BCUT2D eigenvalue weighted by Crippen LogP contribution is -2.52. The Morgan fingerprint density at radius 3 is 3.20 bits per heavy atom. The van der Waals surface area contributed by atoms with Gasteiger partial charge in [-0.1, -0.05) is 0 Å². The van der Waals surface area contributed by atoms with Gasteiger partial charge in [-0.05, 0) is 37.6 Å². The number of nitrogens with zero attached hydrogens (tertiary/aromatic N) is 3. The van der Waals surface area contributed by atoms with Crippen LogP contribution in [-0.4, -0.2) is 57.9 Å². The van der Waals surface area contributed by atoms with Gasteiger partial charge >= 0.3 is 0 Å². The molecule has 4 rings (SSSR count). The van der Waals surface area contributed by atoms with Crippen LogP contribution in [0.4, 0.5) is 0 Å². The molecule has 2 aromatic rings. The maximum atomic E-state index is 12.6. The Morgan fingerprint density at radius 1 is 1.30 bits per heavy atom. The fourth-order valence-electron chi connectivity index (χ4n) is 3.43. The smallest absolute Gasteiger partial charge is 0.254 e. The zero-order valence-corrected chi connectivity index (χ0v) is 11.4. The van der Waals surface area contributed by atoms with Crippen molar-refractivity contribution in [2.24, 2.45) is 0 Å². The van der Waals surface area contributed by atoms with Gasteiger partial charge in [0.05, 0.1) is 17.4 Å². The fraction of sp³-hybridized carbons (Fsp3) is 0.467. The Balaban J connectivity index is 1.56. The van der Waals surface area contributed by atoms with Crippen molar-refractivity contribution in [2.75, 3.05) is 26.2 Å². The fourth-order valence-corrected chi connectivity index (χ4v) is 3.43. The van der Waals surface area contributed by atoms with Crippen LogP contribution in [0.15, 0.2) is 24.5 Å². The molecule has 5 nitrogen and oxygen atoms in total. The molecular weight excluding hydrogens is 252 g/mol. The van der Waals surface area contributed by atoms with Crippen LogP contribution in [0.2, 0.25) is 0 Å². The topological polar surface area (TPSA) is 52.2 Å². The minimum Gasteiger partial charge on any atom is -0.345 e. The molecule has 1 amide bonds. The SMILES string of the molecule is O=C(c1ccc2nc[nH]c2c1)N1CCN2CCCC2C1. The molecule has 0 bridgehead atoms. The van der Waals surface area contributed by atoms with Crippen molar-refractivity contribution in [3.8, 4) is 0 Å². The number of aromatic nitrogens is 2. The quantitative estimate of drug-likeness (QED) is 0.854. The third kappa shape index (κ3) is 1.89. The van der Waals surface area contributed by atoms with Crippen LogP contribution in [0.1, 0.15) is 23.2 Å². The van der Waals surface area contributed by atoms with Crippen molar-refractivity contribution in [2.45, 2.75) is 18.9 Å². The van der Waals surface area contributed by atoms with Crippen molar-refractivity contribution < 1.29 is 4.79 Å². The summed E-state index contributed by atoms with van der Waals surface area (Å²) in [6.07, 6.45) is 4.16. The molecule has 2 aliphatic heterocycles. The van der Waals surface area contributed by atoms with Crippen LogP contribution in [0, 0.1) is 0 Å². The number of fused-ring (bicyclic) bond motifs is 2. The van der Waals surface area contributed by atoms with Crippen molar-refractivity contribution in [3.05, 3.63) is 30.1 Å². The van der Waals surface area contributed by atoms with Gasteiger partial charge < -0.3 is 9.88 Å². The Bertz CT molecular complexity index is 650. The molecule has 0 saturated carbocycles. The average Bonchev–Trinajstić information content (AvgIpc) is 3.13. The molecule has 1 aromatic heterocycles. The van der Waals surface area contributed by atoms with E-state index in [1.165, 1.54) is 19.4 Å². The zero-order valence-electron chi connectivity index (χ0n) is 11.4. The largest absolute Gasteiger partial charge is 0.345 e. The molecule has 1 atom stereocenters. The first-order valence-corrected chi connectivity index (χ1v) is 7.28. The van der Waals surface area contributed by atoms with E-state index in [1.54, 1.807) is 6.33 Å². The van der Waals surface area contributed by atoms with Gasteiger partial charge in [0, 0.05) is 31.2 Å². The normalized spacial score (nSPS) is 23.2. The molecule has 5 heteroatoms. The number of carbonyl (C=O) groups is 1. The molecule has 0 aliphatic carbocycles. The summed E-state index contributed by atoms with van der Waals surface area (Å²) >= 11 is 0. The number of hydrogen-bond acceptors (Lipinski definition) is 3. The number of imidazole rings is 1. The van der Waals surface area contributed by atoms with E-state index < -0.39 is 0 Å². The number of piperazine rings is 1. The van der Waals surface area contributed by atoms with Gasteiger partial charge in [0.1, 0.15) is 0 Å². The highest BCUT2D eigenvalue weighted by atomic mass is 16.2. The van der Waals surface area contributed by atoms with E-state index in [-0.39, 0.29) is 5.91 Å². The summed E-state index contributed by atoms with van der Waals surface area (Å²) in [5, 5.41) is 0. The monoisotopic (exact) mass is 270 g/mol. The summed E-state index contributed by atoms with van der Waals surface area (Å²) in [5.74, 6) is 0.146. The summed E-state index contributed by atoms with van der Waals surface area (Å²) in [6.45, 7) is 3.94. The number of H-pyrrole nitrogens is 1. The van der Waals surface area contributed by atoms with E-state index in [4.69, 9.17) is 0 Å². The van der Waals surface area contributed by atoms with Gasteiger partial charge in [-0.3, -0.25) is 9.69 Å². The second kappa shape index (κ2) is 4.59. The second-order valence-corrected chi connectivity index (χ2v) is 5.72. The minimum absolute atomic E-state index is 0.146. The molecule has 104 valence electrons. The molecule has 0 spiro atoms. The Morgan fingerprint density at radius 2 is 2.25 bits per heavy atom. The highest BCUT2D eigenvalue weighted by molar-refractivity contribution is 5.97. The molecule has 2 aliphatic rings. The van der Waals surface area contributed by atoms with E-state index in [9.17, 15) is 4.79 Å². The highest BCUT2D eigenvalue weighted by Gasteiger charge is 2.32. The number of benzene rings is 1. The summed E-state index contributed by atoms with van der Waals surface area (Å²) in [6, 6.07) is 6.27. The molecule has 3 heterocycles. The maximum Gasteiger partial charge on any atom is 0.254 e. The number of rotatable bonds is 1. The van der Waals surface area contributed by atoms with Crippen LogP contribution in [0.3, 0.4) is 0 Å². The average molecular weight is 270 g/mol. The van der Waals surface area contributed by atoms with Gasteiger partial charge in [-0.25, -0.2) is 4.98 Å². The lowest BCUT2D eigenvalue weighted by molar-refractivity contribution is 0.0571. The van der Waals surface area contributed by atoms with Crippen LogP contribution in [0.5, 0.6) is 0 Å². The van der Waals surface area contributed by atoms with E-state index >= 15 is 0 Å². The summed E-state index contributed by atoms with van der Waals surface area (Å²) in [4.78, 5) is 24.4. The van der Waals surface area contributed by atoms with Crippen molar-refractivity contribution in [1.82, 2.24) is 19.8 Å². The van der Waals surface area contributed by atoms with E-state index in [1.807, 2.05) is 23.1 Å². The van der Waals surface area contributed by atoms with Crippen LogP contribution < -0.4 is 0 Å². The Kier molecular flexibility index (Phi) is 2.73. The standard InChI is InChI=1S/C15H18N4O/c20-15(11-3-4-13-14(8-11)17-10-16-13)19-7-6-18-5-1-2-12(18)9-19/h3-4,8,10,12H,1-2,5-7,9H2,(H,16,17). The number of amides is 1. The number of aromatic amines is 1. The summed E-state index contributed by atoms with van der Waals surface area (Å²) in [5.41, 5.74) is 2.59. The van der Waals surface area contributed by atoms with Crippen molar-refractivity contribution >= 4 is 16.9 Å². The minimum atomic E-state index is 0.146. The van der Waals surface area contributed by atoms with Gasteiger partial charge in [-0.2, -0.15) is 0 Å². The number of carbonyl (C=O) groups excluding carboxylic acids is 1. The number of nitrogens with one attached hydrogen (secondary N) is 1. The van der Waals surface area contributed by atoms with Gasteiger partial charge in [-0.15, -0.1) is 0 Å². The predicted octanol–water partition coefficient (Wildman–Crippen LogP) is 1.48. The third-order valence-corrected chi connectivity index (χ3v) is 4.54. The maximum absolute atomic E-state index is 12.6.